The van der Waals surface area contributed by atoms with Gasteiger partial charge >= 0.3 is 0 Å². The van der Waals surface area contributed by atoms with Gasteiger partial charge in [-0.2, -0.15) is 0 Å². The van der Waals surface area contributed by atoms with Crippen molar-refractivity contribution in [2.75, 3.05) is 13.1 Å². The second kappa shape index (κ2) is 5.33. The van der Waals surface area contributed by atoms with E-state index in [2.05, 4.69) is 47.2 Å². The van der Waals surface area contributed by atoms with Gasteiger partial charge in [0.1, 0.15) is 0 Å². The first-order valence-electron chi connectivity index (χ1n) is 6.14. The van der Waals surface area contributed by atoms with Gasteiger partial charge in [0.25, 0.3) is 0 Å². The number of hydrogen-bond donors (Lipinski definition) is 1. The van der Waals surface area contributed by atoms with Gasteiger partial charge in [-0.05, 0) is 74.9 Å². The summed E-state index contributed by atoms with van der Waals surface area (Å²) in [6.45, 7) is 6.82. The van der Waals surface area contributed by atoms with Gasteiger partial charge in [0.05, 0.1) is 0 Å². The van der Waals surface area contributed by atoms with Crippen LogP contribution in [0, 0.1) is 19.8 Å². The van der Waals surface area contributed by atoms with Crippen LogP contribution in [0.2, 0.25) is 0 Å². The van der Waals surface area contributed by atoms with E-state index in [1.165, 1.54) is 53.5 Å². The molecule has 1 saturated heterocycles. The van der Waals surface area contributed by atoms with Crippen LogP contribution in [0.3, 0.4) is 0 Å². The van der Waals surface area contributed by atoms with E-state index in [1.807, 2.05) is 0 Å². The lowest BCUT2D eigenvalue weighted by Gasteiger charge is -2.24. The van der Waals surface area contributed by atoms with E-state index in [1.54, 1.807) is 0 Å². The Bertz CT molecular complexity index is 367. The lowest BCUT2D eigenvalue weighted by molar-refractivity contribution is 0.375. The third-order valence-corrected chi connectivity index (χ3v) is 4.45. The molecule has 1 N–H and O–H groups in total. The van der Waals surface area contributed by atoms with Crippen LogP contribution in [-0.4, -0.2) is 13.1 Å². The first-order chi connectivity index (χ1) is 7.68. The zero-order chi connectivity index (χ0) is 11.5. The van der Waals surface area contributed by atoms with E-state index in [9.17, 15) is 0 Å². The van der Waals surface area contributed by atoms with Gasteiger partial charge in [-0.15, -0.1) is 0 Å². The molecule has 1 aromatic carbocycles. The summed E-state index contributed by atoms with van der Waals surface area (Å²) in [6, 6.07) is 4.38. The normalized spacial score (nSPS) is 21.1. The molecule has 16 heavy (non-hydrogen) atoms. The highest BCUT2D eigenvalue weighted by Gasteiger charge is 2.16. The van der Waals surface area contributed by atoms with Crippen molar-refractivity contribution in [1.82, 2.24) is 5.32 Å². The highest BCUT2D eigenvalue weighted by molar-refractivity contribution is 9.10. The van der Waals surface area contributed by atoms with Crippen molar-refractivity contribution in [2.24, 2.45) is 5.92 Å². The Kier molecular flexibility index (Phi) is 4.04. The molecule has 1 heterocycles. The molecule has 1 aliphatic rings. The van der Waals surface area contributed by atoms with Crippen LogP contribution in [0.25, 0.3) is 0 Å². The molecule has 0 radical (unpaired) electrons. The Morgan fingerprint density at radius 2 is 2.19 bits per heavy atom. The quantitative estimate of drug-likeness (QED) is 0.873. The number of rotatable bonds is 2. The van der Waals surface area contributed by atoms with Crippen molar-refractivity contribution in [3.63, 3.8) is 0 Å². The first-order valence-corrected chi connectivity index (χ1v) is 6.93. The van der Waals surface area contributed by atoms with Gasteiger partial charge in [0.2, 0.25) is 0 Å². The lowest BCUT2D eigenvalue weighted by Crippen LogP contribution is -2.31. The first kappa shape index (κ1) is 12.1. The molecular weight excluding hydrogens is 262 g/mol. The van der Waals surface area contributed by atoms with Crippen molar-refractivity contribution in [1.29, 1.82) is 0 Å². The van der Waals surface area contributed by atoms with Crippen LogP contribution in [0.1, 0.15) is 29.5 Å². The fraction of sp³-hybridized carbons (Fsp3) is 0.571. The van der Waals surface area contributed by atoms with Gasteiger partial charge in [-0.3, -0.25) is 0 Å². The molecule has 0 aliphatic carbocycles. The molecule has 88 valence electrons. The molecule has 0 spiro atoms. The van der Waals surface area contributed by atoms with Gasteiger partial charge < -0.3 is 5.32 Å². The van der Waals surface area contributed by atoms with Gasteiger partial charge in [0.15, 0.2) is 0 Å². The average molecular weight is 282 g/mol. The number of aryl methyl sites for hydroxylation is 1. The molecule has 0 saturated carbocycles. The number of benzene rings is 1. The van der Waals surface area contributed by atoms with Crippen LogP contribution >= 0.6 is 15.9 Å². The minimum absolute atomic E-state index is 0.811. The van der Waals surface area contributed by atoms with Crippen LogP contribution < -0.4 is 5.32 Å². The molecule has 0 amide bonds. The summed E-state index contributed by atoms with van der Waals surface area (Å²) < 4.78 is 1.28. The van der Waals surface area contributed by atoms with E-state index in [0.29, 0.717) is 0 Å². The Morgan fingerprint density at radius 1 is 1.38 bits per heavy atom. The molecule has 1 unspecified atom stereocenters. The zero-order valence-corrected chi connectivity index (χ0v) is 11.7. The van der Waals surface area contributed by atoms with Crippen molar-refractivity contribution >= 4 is 15.9 Å². The number of hydrogen-bond acceptors (Lipinski definition) is 1. The predicted molar refractivity (Wildman–Crippen MR) is 72.9 cm³/mol. The molecule has 1 nitrogen and oxygen atoms in total. The summed E-state index contributed by atoms with van der Waals surface area (Å²) in [5.41, 5.74) is 4.37. The number of halogens is 1. The summed E-state index contributed by atoms with van der Waals surface area (Å²) in [7, 11) is 0. The minimum Gasteiger partial charge on any atom is -0.316 e. The van der Waals surface area contributed by atoms with Crippen LogP contribution in [0.15, 0.2) is 16.6 Å². The van der Waals surface area contributed by atoms with Crippen molar-refractivity contribution < 1.29 is 0 Å². The van der Waals surface area contributed by atoms with Crippen LogP contribution in [0.4, 0.5) is 0 Å². The number of piperidine rings is 1. The van der Waals surface area contributed by atoms with E-state index in [0.717, 1.165) is 5.92 Å². The summed E-state index contributed by atoms with van der Waals surface area (Å²) in [4.78, 5) is 0. The highest BCUT2D eigenvalue weighted by Crippen LogP contribution is 2.27. The van der Waals surface area contributed by atoms with Gasteiger partial charge in [-0.25, -0.2) is 0 Å². The maximum Gasteiger partial charge on any atom is 0.0210 e. The molecule has 1 aromatic rings. The summed E-state index contributed by atoms with van der Waals surface area (Å²) in [5.74, 6) is 0.811. The summed E-state index contributed by atoms with van der Waals surface area (Å²) in [6.07, 6.45) is 3.90. The predicted octanol–water partition coefficient (Wildman–Crippen LogP) is 3.61. The topological polar surface area (TPSA) is 12.0 Å². The molecule has 1 aliphatic heterocycles. The smallest absolute Gasteiger partial charge is 0.0210 e. The molecule has 2 heteroatoms. The highest BCUT2D eigenvalue weighted by atomic mass is 79.9. The molecule has 2 rings (SSSR count). The standard InChI is InChI=1S/C14H20BrN/c1-10-5-6-14(15)13(11(10)2)8-12-4-3-7-16-9-12/h5-6,12,16H,3-4,7-9H2,1-2H3. The number of nitrogens with one attached hydrogen (secondary N) is 1. The monoisotopic (exact) mass is 281 g/mol. The fourth-order valence-electron chi connectivity index (χ4n) is 2.48. The van der Waals surface area contributed by atoms with E-state index in [4.69, 9.17) is 0 Å². The maximum absolute atomic E-state index is 3.69. The Labute approximate surface area is 107 Å². The second-order valence-electron chi connectivity index (χ2n) is 4.88. The van der Waals surface area contributed by atoms with E-state index in [-0.39, 0.29) is 0 Å². The van der Waals surface area contributed by atoms with Crippen LogP contribution in [-0.2, 0) is 6.42 Å². The minimum atomic E-state index is 0.811. The molecule has 1 atom stereocenters. The lowest BCUT2D eigenvalue weighted by atomic mass is 9.89. The van der Waals surface area contributed by atoms with E-state index < -0.39 is 0 Å². The molecule has 0 aromatic heterocycles. The second-order valence-corrected chi connectivity index (χ2v) is 5.74. The largest absolute Gasteiger partial charge is 0.316 e. The summed E-state index contributed by atoms with van der Waals surface area (Å²) >= 11 is 3.69. The SMILES string of the molecule is Cc1ccc(Br)c(CC2CCCNC2)c1C. The maximum atomic E-state index is 3.69. The molecule has 0 bridgehead atoms. The molecular formula is C14H20BrN. The third kappa shape index (κ3) is 2.67. The van der Waals surface area contributed by atoms with Crippen molar-refractivity contribution in [3.8, 4) is 0 Å². The fourth-order valence-corrected chi connectivity index (χ4v) is 3.07. The third-order valence-electron chi connectivity index (χ3n) is 3.70. The zero-order valence-electron chi connectivity index (χ0n) is 10.1. The Balaban J connectivity index is 2.16. The molecule has 1 fully saturated rings. The van der Waals surface area contributed by atoms with Crippen molar-refractivity contribution in [3.05, 3.63) is 33.3 Å². The van der Waals surface area contributed by atoms with Gasteiger partial charge in [-0.1, -0.05) is 22.0 Å². The Hall–Kier alpha value is -0.340. The van der Waals surface area contributed by atoms with Crippen molar-refractivity contribution in [2.45, 2.75) is 33.1 Å². The Morgan fingerprint density at radius 3 is 2.88 bits per heavy atom. The summed E-state index contributed by atoms with van der Waals surface area (Å²) in [5, 5.41) is 3.49. The van der Waals surface area contributed by atoms with E-state index >= 15 is 0 Å². The van der Waals surface area contributed by atoms with Gasteiger partial charge in [0, 0.05) is 4.47 Å². The van der Waals surface area contributed by atoms with Crippen LogP contribution in [0.5, 0.6) is 0 Å². The average Bonchev–Trinajstić information content (AvgIpc) is 2.31.